The first-order valence-corrected chi connectivity index (χ1v) is 7.03. The van der Waals surface area contributed by atoms with Crippen molar-refractivity contribution in [3.63, 3.8) is 0 Å². The topological polar surface area (TPSA) is 92.2 Å². The molecule has 21 heavy (non-hydrogen) atoms. The standard InChI is InChI=1S/C14H13N3O3S/c18-11(7-6-10-4-2-1-3-5-10)15-14-17-16-12(21-14)8-9-13(19)20/h1-7H,8-9H2,(H,19,20)(H,15,17,18)/b7-6+. The summed E-state index contributed by atoms with van der Waals surface area (Å²) >= 11 is 1.17. The van der Waals surface area contributed by atoms with Gasteiger partial charge in [0.15, 0.2) is 0 Å². The molecular formula is C14H13N3O3S. The quantitative estimate of drug-likeness (QED) is 0.798. The Morgan fingerprint density at radius 2 is 2.00 bits per heavy atom. The van der Waals surface area contributed by atoms with Crippen LogP contribution in [0, 0.1) is 0 Å². The molecule has 0 aliphatic rings. The zero-order valence-corrected chi connectivity index (χ0v) is 11.8. The van der Waals surface area contributed by atoms with Gasteiger partial charge in [0.25, 0.3) is 0 Å². The monoisotopic (exact) mass is 303 g/mol. The zero-order valence-electron chi connectivity index (χ0n) is 11.0. The van der Waals surface area contributed by atoms with E-state index in [-0.39, 0.29) is 12.3 Å². The second-order valence-electron chi connectivity index (χ2n) is 4.13. The molecule has 0 saturated carbocycles. The Bertz CT molecular complexity index is 652. The summed E-state index contributed by atoms with van der Waals surface area (Å²) in [6.45, 7) is 0. The van der Waals surface area contributed by atoms with E-state index in [9.17, 15) is 9.59 Å². The third-order valence-corrected chi connectivity index (χ3v) is 3.37. The van der Waals surface area contributed by atoms with E-state index in [0.717, 1.165) is 5.56 Å². The molecular weight excluding hydrogens is 290 g/mol. The molecule has 1 aromatic carbocycles. The highest BCUT2D eigenvalue weighted by Crippen LogP contribution is 2.16. The number of amides is 1. The Morgan fingerprint density at radius 1 is 1.24 bits per heavy atom. The van der Waals surface area contributed by atoms with Crippen LogP contribution >= 0.6 is 11.3 Å². The molecule has 7 heteroatoms. The average Bonchev–Trinajstić information content (AvgIpc) is 2.91. The summed E-state index contributed by atoms with van der Waals surface area (Å²) in [7, 11) is 0. The van der Waals surface area contributed by atoms with Gasteiger partial charge < -0.3 is 5.11 Å². The molecule has 0 spiro atoms. The minimum atomic E-state index is -0.887. The molecule has 0 bridgehead atoms. The van der Waals surface area contributed by atoms with Crippen LogP contribution in [-0.2, 0) is 16.0 Å². The number of benzene rings is 1. The van der Waals surface area contributed by atoms with Gasteiger partial charge in [-0.15, -0.1) is 10.2 Å². The molecule has 2 N–H and O–H groups in total. The van der Waals surface area contributed by atoms with Crippen LogP contribution < -0.4 is 5.32 Å². The summed E-state index contributed by atoms with van der Waals surface area (Å²) in [6, 6.07) is 9.45. The number of hydrogen-bond acceptors (Lipinski definition) is 5. The summed E-state index contributed by atoms with van der Waals surface area (Å²) in [4.78, 5) is 22.2. The highest BCUT2D eigenvalue weighted by atomic mass is 32.1. The van der Waals surface area contributed by atoms with Crippen LogP contribution in [0.2, 0.25) is 0 Å². The number of nitrogens with zero attached hydrogens (tertiary/aromatic N) is 2. The van der Waals surface area contributed by atoms with Crippen molar-refractivity contribution in [1.82, 2.24) is 10.2 Å². The molecule has 108 valence electrons. The van der Waals surface area contributed by atoms with Crippen molar-refractivity contribution >= 4 is 34.4 Å². The van der Waals surface area contributed by atoms with Gasteiger partial charge in [-0.1, -0.05) is 41.7 Å². The van der Waals surface area contributed by atoms with Crippen LogP contribution in [0.5, 0.6) is 0 Å². The molecule has 1 aromatic heterocycles. The minimum Gasteiger partial charge on any atom is -0.481 e. The maximum Gasteiger partial charge on any atom is 0.303 e. The largest absolute Gasteiger partial charge is 0.481 e. The molecule has 6 nitrogen and oxygen atoms in total. The molecule has 2 aromatic rings. The average molecular weight is 303 g/mol. The first-order chi connectivity index (χ1) is 10.1. The predicted molar refractivity (Wildman–Crippen MR) is 80.0 cm³/mol. The molecule has 0 aliphatic heterocycles. The zero-order chi connectivity index (χ0) is 15.1. The summed E-state index contributed by atoms with van der Waals surface area (Å²) in [5.74, 6) is -1.19. The highest BCUT2D eigenvalue weighted by molar-refractivity contribution is 7.15. The highest BCUT2D eigenvalue weighted by Gasteiger charge is 2.07. The van der Waals surface area contributed by atoms with E-state index in [4.69, 9.17) is 5.11 Å². The second-order valence-corrected chi connectivity index (χ2v) is 5.19. The van der Waals surface area contributed by atoms with Crippen LogP contribution in [0.1, 0.15) is 17.0 Å². The van der Waals surface area contributed by atoms with Gasteiger partial charge in [-0.2, -0.15) is 0 Å². The lowest BCUT2D eigenvalue weighted by Gasteiger charge is -1.95. The van der Waals surface area contributed by atoms with E-state index < -0.39 is 5.97 Å². The van der Waals surface area contributed by atoms with Crippen molar-refractivity contribution in [3.8, 4) is 0 Å². The molecule has 0 unspecified atom stereocenters. The number of nitrogens with one attached hydrogen (secondary N) is 1. The number of aliphatic carboxylic acids is 1. The van der Waals surface area contributed by atoms with Crippen molar-refractivity contribution in [2.45, 2.75) is 12.8 Å². The number of aryl methyl sites for hydroxylation is 1. The number of carbonyl (C=O) groups is 2. The number of rotatable bonds is 6. The first kappa shape index (κ1) is 14.9. The van der Waals surface area contributed by atoms with Gasteiger partial charge in [-0.05, 0) is 11.6 Å². The maximum atomic E-state index is 11.7. The fraction of sp³-hybridized carbons (Fsp3) is 0.143. The van der Waals surface area contributed by atoms with Crippen LogP contribution in [0.3, 0.4) is 0 Å². The van der Waals surface area contributed by atoms with E-state index >= 15 is 0 Å². The van der Waals surface area contributed by atoms with Crippen LogP contribution in [0.15, 0.2) is 36.4 Å². The van der Waals surface area contributed by atoms with Crippen molar-refractivity contribution in [3.05, 3.63) is 47.0 Å². The van der Waals surface area contributed by atoms with Gasteiger partial charge in [0, 0.05) is 12.5 Å². The normalized spacial score (nSPS) is 10.7. The van der Waals surface area contributed by atoms with Crippen molar-refractivity contribution in [1.29, 1.82) is 0 Å². The number of anilines is 1. The Hall–Kier alpha value is -2.54. The Balaban J connectivity index is 1.88. The second kappa shape index (κ2) is 7.30. The number of carboxylic acids is 1. The van der Waals surface area contributed by atoms with Gasteiger partial charge in [-0.25, -0.2) is 0 Å². The first-order valence-electron chi connectivity index (χ1n) is 6.22. The van der Waals surface area contributed by atoms with E-state index in [2.05, 4.69) is 15.5 Å². The lowest BCUT2D eigenvalue weighted by molar-refractivity contribution is -0.137. The smallest absolute Gasteiger partial charge is 0.303 e. The molecule has 0 saturated heterocycles. The fourth-order valence-electron chi connectivity index (χ4n) is 1.50. The summed E-state index contributed by atoms with van der Waals surface area (Å²) in [6.07, 6.45) is 3.41. The number of carboxylic acid groups (broad SMARTS) is 1. The fourth-order valence-corrected chi connectivity index (χ4v) is 2.24. The van der Waals surface area contributed by atoms with Gasteiger partial charge in [0.2, 0.25) is 11.0 Å². The molecule has 1 heterocycles. The van der Waals surface area contributed by atoms with Crippen LogP contribution in [0.4, 0.5) is 5.13 Å². The van der Waals surface area contributed by atoms with E-state index in [0.29, 0.717) is 16.6 Å². The van der Waals surface area contributed by atoms with Crippen molar-refractivity contribution < 1.29 is 14.7 Å². The predicted octanol–water partition coefficient (Wildman–Crippen LogP) is 2.21. The Labute approximate surface area is 125 Å². The minimum absolute atomic E-state index is 0.00348. The molecule has 1 amide bonds. The Kier molecular flexibility index (Phi) is 5.16. The molecule has 0 aliphatic carbocycles. The number of carbonyl (C=O) groups excluding carboxylic acids is 1. The molecule has 0 atom stereocenters. The molecule has 0 radical (unpaired) electrons. The lowest BCUT2D eigenvalue weighted by atomic mass is 10.2. The number of aromatic nitrogens is 2. The van der Waals surface area contributed by atoms with E-state index in [1.165, 1.54) is 17.4 Å². The maximum absolute atomic E-state index is 11.7. The molecule has 0 fully saturated rings. The van der Waals surface area contributed by atoms with E-state index in [1.807, 2.05) is 30.3 Å². The summed E-state index contributed by atoms with van der Waals surface area (Å²) < 4.78 is 0. The lowest BCUT2D eigenvalue weighted by Crippen LogP contribution is -2.07. The SMILES string of the molecule is O=C(O)CCc1nnc(NC(=O)/C=C/c2ccccc2)s1. The van der Waals surface area contributed by atoms with Crippen molar-refractivity contribution in [2.24, 2.45) is 0 Å². The van der Waals surface area contributed by atoms with Gasteiger partial charge in [0.1, 0.15) is 5.01 Å². The summed E-state index contributed by atoms with van der Waals surface area (Å²) in [5.41, 5.74) is 0.923. The van der Waals surface area contributed by atoms with Gasteiger partial charge >= 0.3 is 5.97 Å². The van der Waals surface area contributed by atoms with Crippen LogP contribution in [0.25, 0.3) is 6.08 Å². The van der Waals surface area contributed by atoms with Gasteiger partial charge in [-0.3, -0.25) is 14.9 Å². The number of hydrogen-bond donors (Lipinski definition) is 2. The van der Waals surface area contributed by atoms with Gasteiger partial charge in [0.05, 0.1) is 6.42 Å². The summed E-state index contributed by atoms with van der Waals surface area (Å²) in [5, 5.41) is 19.7. The Morgan fingerprint density at radius 3 is 2.71 bits per heavy atom. The third-order valence-electron chi connectivity index (χ3n) is 2.48. The third kappa shape index (κ3) is 5.15. The van der Waals surface area contributed by atoms with E-state index in [1.54, 1.807) is 6.08 Å². The van der Waals surface area contributed by atoms with Crippen LogP contribution in [-0.4, -0.2) is 27.2 Å². The van der Waals surface area contributed by atoms with Crippen molar-refractivity contribution in [2.75, 3.05) is 5.32 Å². The molecule has 2 rings (SSSR count).